The van der Waals surface area contributed by atoms with Crippen molar-refractivity contribution in [2.75, 3.05) is 13.1 Å². The Labute approximate surface area is 117 Å². The third kappa shape index (κ3) is 2.06. The van der Waals surface area contributed by atoms with Crippen molar-refractivity contribution in [1.29, 1.82) is 0 Å². The Balaban J connectivity index is 1.77. The smallest absolute Gasteiger partial charge is 0.407 e. The summed E-state index contributed by atoms with van der Waals surface area (Å²) in [6.45, 7) is 5.40. The summed E-state index contributed by atoms with van der Waals surface area (Å²) in [5.41, 5.74) is 2.08. The molecule has 5 heteroatoms. The van der Waals surface area contributed by atoms with E-state index in [1.807, 2.05) is 13.0 Å². The zero-order chi connectivity index (χ0) is 14.4. The maximum Gasteiger partial charge on any atom is 0.407 e. The minimum Gasteiger partial charge on any atom is -0.465 e. The van der Waals surface area contributed by atoms with E-state index < -0.39 is 6.09 Å². The van der Waals surface area contributed by atoms with Crippen LogP contribution in [-0.4, -0.2) is 46.2 Å². The number of fused-ring (bicyclic) bond motifs is 2. The summed E-state index contributed by atoms with van der Waals surface area (Å²) in [7, 11) is 0. The maximum atomic E-state index is 13.2. The van der Waals surface area contributed by atoms with Crippen LogP contribution in [0.2, 0.25) is 0 Å². The fourth-order valence-electron chi connectivity index (χ4n) is 3.69. The molecule has 3 rings (SSSR count). The summed E-state index contributed by atoms with van der Waals surface area (Å²) in [6, 6.07) is 5.49. The minimum atomic E-state index is -0.817. The zero-order valence-corrected chi connectivity index (χ0v) is 11.7. The molecule has 0 saturated carbocycles. The average Bonchev–Trinajstić information content (AvgIpc) is 2.97. The Hall–Kier alpha value is -1.62. The van der Waals surface area contributed by atoms with Crippen LogP contribution in [0.4, 0.5) is 9.18 Å². The summed E-state index contributed by atoms with van der Waals surface area (Å²) < 4.78 is 13.2. The molecular weight excluding hydrogens is 259 g/mol. The van der Waals surface area contributed by atoms with E-state index in [1.165, 1.54) is 6.07 Å². The monoisotopic (exact) mass is 278 g/mol. The van der Waals surface area contributed by atoms with Crippen LogP contribution in [-0.2, 0) is 0 Å². The average molecular weight is 278 g/mol. The predicted octanol–water partition coefficient (Wildman–Crippen LogP) is 2.63. The van der Waals surface area contributed by atoms with Gasteiger partial charge in [-0.1, -0.05) is 6.07 Å². The number of nitrogens with zero attached hydrogens (tertiary/aromatic N) is 2. The van der Waals surface area contributed by atoms with Crippen LogP contribution in [0.25, 0.3) is 0 Å². The van der Waals surface area contributed by atoms with Crippen LogP contribution in [0, 0.1) is 12.7 Å². The third-order valence-electron chi connectivity index (χ3n) is 4.71. The van der Waals surface area contributed by atoms with Gasteiger partial charge in [-0.25, -0.2) is 9.18 Å². The molecule has 4 nitrogen and oxygen atoms in total. The van der Waals surface area contributed by atoms with E-state index in [9.17, 15) is 9.18 Å². The van der Waals surface area contributed by atoms with Crippen LogP contribution in [0.3, 0.4) is 0 Å². The number of likely N-dealkylation sites (tertiary alicyclic amines) is 2. The largest absolute Gasteiger partial charge is 0.465 e. The first-order valence-corrected chi connectivity index (χ1v) is 6.98. The van der Waals surface area contributed by atoms with Crippen molar-refractivity contribution in [3.05, 3.63) is 35.1 Å². The van der Waals surface area contributed by atoms with Gasteiger partial charge in [-0.3, -0.25) is 4.90 Å². The van der Waals surface area contributed by atoms with E-state index in [1.54, 1.807) is 11.0 Å². The van der Waals surface area contributed by atoms with E-state index >= 15 is 0 Å². The molecule has 1 amide bonds. The molecule has 2 aliphatic rings. The van der Waals surface area contributed by atoms with E-state index in [0.717, 1.165) is 24.1 Å². The van der Waals surface area contributed by atoms with Crippen LogP contribution >= 0.6 is 0 Å². The minimum absolute atomic E-state index is 0.112. The molecular formula is C15H19FN2O2. The molecule has 1 aromatic carbocycles. The van der Waals surface area contributed by atoms with Crippen molar-refractivity contribution in [1.82, 2.24) is 9.80 Å². The van der Waals surface area contributed by atoms with Crippen LogP contribution < -0.4 is 0 Å². The topological polar surface area (TPSA) is 43.8 Å². The number of carbonyl (C=O) groups is 1. The van der Waals surface area contributed by atoms with E-state index in [2.05, 4.69) is 11.8 Å². The first kappa shape index (κ1) is 13.4. The maximum absolute atomic E-state index is 13.2. The van der Waals surface area contributed by atoms with Crippen molar-refractivity contribution in [2.24, 2.45) is 0 Å². The van der Waals surface area contributed by atoms with Crippen molar-refractivity contribution in [3.8, 4) is 0 Å². The van der Waals surface area contributed by atoms with Gasteiger partial charge in [0.05, 0.1) is 0 Å². The van der Waals surface area contributed by atoms with Crippen molar-refractivity contribution < 1.29 is 14.3 Å². The summed E-state index contributed by atoms with van der Waals surface area (Å²) in [5, 5.41) is 9.12. The number of benzene rings is 1. The Kier molecular flexibility index (Phi) is 3.17. The SMILES string of the molecule is Cc1cc(F)ccc1C(C)N1CC2CC1CN2C(=O)O. The predicted molar refractivity (Wildman–Crippen MR) is 73.2 cm³/mol. The molecule has 1 aromatic rings. The molecule has 0 spiro atoms. The highest BCUT2D eigenvalue weighted by Crippen LogP contribution is 2.37. The molecule has 1 N–H and O–H groups in total. The van der Waals surface area contributed by atoms with Crippen LogP contribution in [0.1, 0.15) is 30.5 Å². The highest BCUT2D eigenvalue weighted by atomic mass is 19.1. The fourth-order valence-corrected chi connectivity index (χ4v) is 3.69. The first-order valence-electron chi connectivity index (χ1n) is 6.98. The standard InChI is InChI=1S/C15H19FN2O2/c1-9-5-11(16)3-4-14(9)10(2)17-7-13-6-12(17)8-18(13)15(19)20/h3-5,10,12-13H,6-8H2,1-2H3,(H,19,20). The molecule has 2 saturated heterocycles. The molecule has 20 heavy (non-hydrogen) atoms. The number of hydrogen-bond acceptors (Lipinski definition) is 2. The Morgan fingerprint density at radius 1 is 1.40 bits per heavy atom. The van der Waals surface area contributed by atoms with Crippen LogP contribution in [0.5, 0.6) is 0 Å². The summed E-state index contributed by atoms with van der Waals surface area (Å²) in [6.07, 6.45) is 0.0967. The lowest BCUT2D eigenvalue weighted by Gasteiger charge is -2.37. The second kappa shape index (κ2) is 4.74. The molecule has 3 atom stereocenters. The van der Waals surface area contributed by atoms with Crippen molar-refractivity contribution in [3.63, 3.8) is 0 Å². The third-order valence-corrected chi connectivity index (χ3v) is 4.71. The Bertz CT molecular complexity index is 549. The second-order valence-corrected chi connectivity index (χ2v) is 5.85. The van der Waals surface area contributed by atoms with E-state index in [-0.39, 0.29) is 23.9 Å². The van der Waals surface area contributed by atoms with Gasteiger partial charge in [0.1, 0.15) is 5.82 Å². The molecule has 2 fully saturated rings. The number of amides is 1. The van der Waals surface area contributed by atoms with E-state index in [0.29, 0.717) is 6.54 Å². The Morgan fingerprint density at radius 3 is 2.70 bits per heavy atom. The van der Waals surface area contributed by atoms with Crippen LogP contribution in [0.15, 0.2) is 18.2 Å². The summed E-state index contributed by atoms with van der Waals surface area (Å²) in [4.78, 5) is 15.0. The second-order valence-electron chi connectivity index (χ2n) is 5.85. The number of hydrogen-bond donors (Lipinski definition) is 1. The number of carboxylic acid groups (broad SMARTS) is 1. The number of halogens is 1. The fraction of sp³-hybridized carbons (Fsp3) is 0.533. The lowest BCUT2D eigenvalue weighted by atomic mass is 10.0. The summed E-state index contributed by atoms with van der Waals surface area (Å²) in [5.74, 6) is -0.210. The van der Waals surface area contributed by atoms with Crippen molar-refractivity contribution >= 4 is 6.09 Å². The van der Waals surface area contributed by atoms with Gasteiger partial charge in [0.15, 0.2) is 0 Å². The van der Waals surface area contributed by atoms with Gasteiger partial charge in [-0.15, -0.1) is 0 Å². The van der Waals surface area contributed by atoms with E-state index in [4.69, 9.17) is 5.11 Å². The van der Waals surface area contributed by atoms with Crippen molar-refractivity contribution in [2.45, 2.75) is 38.4 Å². The quantitative estimate of drug-likeness (QED) is 0.904. The molecule has 2 bridgehead atoms. The highest BCUT2D eigenvalue weighted by Gasteiger charge is 2.46. The van der Waals surface area contributed by atoms with Gasteiger partial charge < -0.3 is 10.0 Å². The molecule has 108 valence electrons. The molecule has 2 aliphatic heterocycles. The molecule has 0 radical (unpaired) electrons. The zero-order valence-electron chi connectivity index (χ0n) is 11.7. The Morgan fingerprint density at radius 2 is 2.15 bits per heavy atom. The lowest BCUT2D eigenvalue weighted by molar-refractivity contribution is 0.0860. The number of aryl methyl sites for hydroxylation is 1. The molecule has 3 unspecified atom stereocenters. The first-order chi connectivity index (χ1) is 9.47. The number of piperazine rings is 1. The molecule has 0 aromatic heterocycles. The van der Waals surface area contributed by atoms with Gasteiger partial charge in [0, 0.05) is 31.2 Å². The highest BCUT2D eigenvalue weighted by molar-refractivity contribution is 5.66. The normalized spacial score (nSPS) is 27.1. The lowest BCUT2D eigenvalue weighted by Crippen LogP contribution is -2.48. The van der Waals surface area contributed by atoms with Gasteiger partial charge in [-0.2, -0.15) is 0 Å². The van der Waals surface area contributed by atoms with Gasteiger partial charge in [0.25, 0.3) is 0 Å². The molecule has 0 aliphatic carbocycles. The molecule has 2 heterocycles. The van der Waals surface area contributed by atoms with Gasteiger partial charge in [0.2, 0.25) is 0 Å². The summed E-state index contributed by atoms with van der Waals surface area (Å²) >= 11 is 0. The van der Waals surface area contributed by atoms with Gasteiger partial charge in [-0.05, 0) is 43.5 Å². The number of rotatable bonds is 2. The van der Waals surface area contributed by atoms with Gasteiger partial charge >= 0.3 is 6.09 Å².